The quantitative estimate of drug-likeness (QED) is 0.537. The Balaban J connectivity index is 1.55. The maximum Gasteiger partial charge on any atom is 0.191 e. The molecule has 4 rings (SSSR count). The average Bonchev–Trinajstić information content (AvgIpc) is 3.43. The van der Waals surface area contributed by atoms with E-state index in [1.807, 2.05) is 23.6 Å². The summed E-state index contributed by atoms with van der Waals surface area (Å²) in [5.41, 5.74) is 0.877. The molecule has 1 aliphatic heterocycles. The number of hydrogen-bond donors (Lipinski definition) is 0. The third kappa shape index (κ3) is 4.17. The molecule has 1 aliphatic rings. The smallest absolute Gasteiger partial charge is 0.191 e. The van der Waals surface area contributed by atoms with E-state index in [1.54, 1.807) is 29.2 Å². The lowest BCUT2D eigenvalue weighted by molar-refractivity contribution is 0.0953. The first-order chi connectivity index (χ1) is 13.2. The van der Waals surface area contributed by atoms with Gasteiger partial charge in [0.05, 0.1) is 24.6 Å². The van der Waals surface area contributed by atoms with E-state index in [4.69, 9.17) is 9.47 Å². The number of hydrogen-bond acceptors (Lipinski definition) is 6. The summed E-state index contributed by atoms with van der Waals surface area (Å²) in [5, 5.41) is 11.7. The molecule has 0 bridgehead atoms. The highest BCUT2D eigenvalue weighted by Crippen LogP contribution is 2.31. The van der Waals surface area contributed by atoms with Gasteiger partial charge in [-0.15, -0.1) is 21.5 Å². The fraction of sp³-hybridized carbons (Fsp3) is 0.368. The summed E-state index contributed by atoms with van der Waals surface area (Å²) in [5.74, 6) is 1.37. The zero-order valence-electron chi connectivity index (χ0n) is 14.9. The Kier molecular flexibility index (Phi) is 5.75. The van der Waals surface area contributed by atoms with Crippen molar-refractivity contribution in [3.63, 3.8) is 0 Å². The van der Waals surface area contributed by atoms with Crippen LogP contribution in [0.1, 0.15) is 18.4 Å². The standard InChI is InChI=1S/C19H20FN3O2S2/c1-24-16-7-6-13(10-15(16)20)12-27-19-22-21-18(17-5-3-9-26-17)23(19)11-14-4-2-8-25-14/h3,5-7,9-10,14H,2,4,8,11-12H2,1H3. The number of rotatable bonds is 7. The minimum atomic E-state index is -0.351. The third-order valence-electron chi connectivity index (χ3n) is 4.45. The fourth-order valence-electron chi connectivity index (χ4n) is 3.09. The summed E-state index contributed by atoms with van der Waals surface area (Å²) in [7, 11) is 1.46. The molecule has 0 spiro atoms. The van der Waals surface area contributed by atoms with Crippen LogP contribution < -0.4 is 4.74 Å². The number of methoxy groups -OCH3 is 1. The van der Waals surface area contributed by atoms with Gasteiger partial charge in [0.1, 0.15) is 0 Å². The monoisotopic (exact) mass is 405 g/mol. The van der Waals surface area contributed by atoms with Gasteiger partial charge in [0, 0.05) is 12.4 Å². The Labute approximate surface area is 165 Å². The molecule has 0 N–H and O–H groups in total. The van der Waals surface area contributed by atoms with E-state index in [1.165, 1.54) is 13.2 Å². The van der Waals surface area contributed by atoms with Crippen molar-refractivity contribution in [2.75, 3.05) is 13.7 Å². The SMILES string of the molecule is COc1ccc(CSc2nnc(-c3cccs3)n2CC2CCCO2)cc1F. The average molecular weight is 406 g/mol. The molecule has 0 aliphatic carbocycles. The predicted octanol–water partition coefficient (Wildman–Crippen LogP) is 4.63. The molecule has 0 amide bonds. The van der Waals surface area contributed by atoms with Crippen LogP contribution in [0, 0.1) is 5.82 Å². The summed E-state index contributed by atoms with van der Waals surface area (Å²) >= 11 is 3.20. The predicted molar refractivity (Wildman–Crippen MR) is 105 cm³/mol. The highest BCUT2D eigenvalue weighted by Gasteiger charge is 2.22. The lowest BCUT2D eigenvalue weighted by Gasteiger charge is -2.14. The van der Waals surface area contributed by atoms with Crippen molar-refractivity contribution in [3.05, 3.63) is 47.1 Å². The van der Waals surface area contributed by atoms with Gasteiger partial charge in [-0.2, -0.15) is 0 Å². The van der Waals surface area contributed by atoms with Gasteiger partial charge in [0.25, 0.3) is 0 Å². The van der Waals surface area contributed by atoms with E-state index in [9.17, 15) is 4.39 Å². The van der Waals surface area contributed by atoms with Crippen LogP contribution in [0.25, 0.3) is 10.7 Å². The maximum atomic E-state index is 13.9. The normalized spacial score (nSPS) is 16.7. The molecular weight excluding hydrogens is 385 g/mol. The summed E-state index contributed by atoms with van der Waals surface area (Å²) < 4.78 is 26.9. The number of thioether (sulfide) groups is 1. The van der Waals surface area contributed by atoms with E-state index in [2.05, 4.69) is 14.8 Å². The molecule has 0 saturated carbocycles. The summed E-state index contributed by atoms with van der Waals surface area (Å²) in [6, 6.07) is 9.09. The highest BCUT2D eigenvalue weighted by molar-refractivity contribution is 7.98. The van der Waals surface area contributed by atoms with Crippen molar-refractivity contribution in [1.82, 2.24) is 14.8 Å². The van der Waals surface area contributed by atoms with Crippen molar-refractivity contribution >= 4 is 23.1 Å². The van der Waals surface area contributed by atoms with Crippen LogP contribution in [0.15, 0.2) is 40.9 Å². The molecule has 3 heterocycles. The van der Waals surface area contributed by atoms with Crippen molar-refractivity contribution < 1.29 is 13.9 Å². The molecule has 5 nitrogen and oxygen atoms in total. The maximum absolute atomic E-state index is 13.9. The molecule has 1 saturated heterocycles. The van der Waals surface area contributed by atoms with Gasteiger partial charge in [-0.05, 0) is 42.0 Å². The minimum Gasteiger partial charge on any atom is -0.494 e. The zero-order valence-corrected chi connectivity index (χ0v) is 16.6. The van der Waals surface area contributed by atoms with Crippen LogP contribution in [-0.4, -0.2) is 34.6 Å². The second-order valence-electron chi connectivity index (χ2n) is 6.29. The van der Waals surface area contributed by atoms with Gasteiger partial charge in [0.2, 0.25) is 0 Å². The molecule has 1 unspecified atom stereocenters. The van der Waals surface area contributed by atoms with Crippen molar-refractivity contribution in [2.45, 2.75) is 36.4 Å². The van der Waals surface area contributed by atoms with Gasteiger partial charge in [0.15, 0.2) is 22.5 Å². The van der Waals surface area contributed by atoms with Gasteiger partial charge >= 0.3 is 0 Å². The van der Waals surface area contributed by atoms with Gasteiger partial charge < -0.3 is 9.47 Å². The number of thiophene rings is 1. The van der Waals surface area contributed by atoms with Crippen molar-refractivity contribution in [3.8, 4) is 16.5 Å². The Bertz CT molecular complexity index is 893. The van der Waals surface area contributed by atoms with Gasteiger partial charge in [-0.1, -0.05) is 23.9 Å². The van der Waals surface area contributed by atoms with E-state index in [0.29, 0.717) is 5.75 Å². The number of nitrogens with zero attached hydrogens (tertiary/aromatic N) is 3. The molecule has 2 aromatic heterocycles. The lowest BCUT2D eigenvalue weighted by Crippen LogP contribution is -2.16. The van der Waals surface area contributed by atoms with E-state index in [0.717, 1.165) is 47.4 Å². The van der Waals surface area contributed by atoms with E-state index < -0.39 is 0 Å². The molecule has 0 radical (unpaired) electrons. The van der Waals surface area contributed by atoms with Crippen molar-refractivity contribution in [1.29, 1.82) is 0 Å². The molecule has 3 aromatic rings. The number of benzene rings is 1. The van der Waals surface area contributed by atoms with E-state index >= 15 is 0 Å². The van der Waals surface area contributed by atoms with Crippen molar-refractivity contribution in [2.24, 2.45) is 0 Å². The lowest BCUT2D eigenvalue weighted by atomic mass is 10.2. The molecule has 142 valence electrons. The Morgan fingerprint density at radius 1 is 1.37 bits per heavy atom. The van der Waals surface area contributed by atoms with Crippen LogP contribution in [0.3, 0.4) is 0 Å². The largest absolute Gasteiger partial charge is 0.494 e. The highest BCUT2D eigenvalue weighted by atomic mass is 32.2. The zero-order chi connectivity index (χ0) is 18.6. The second-order valence-corrected chi connectivity index (χ2v) is 8.18. The van der Waals surface area contributed by atoms with Crippen LogP contribution in [-0.2, 0) is 17.0 Å². The number of halogens is 1. The fourth-order valence-corrected chi connectivity index (χ4v) is 4.70. The van der Waals surface area contributed by atoms with Crippen LogP contribution >= 0.6 is 23.1 Å². The summed E-state index contributed by atoms with van der Waals surface area (Å²) in [6.45, 7) is 1.55. The van der Waals surface area contributed by atoms with Gasteiger partial charge in [-0.25, -0.2) is 4.39 Å². The Hall–Kier alpha value is -1.90. The molecular formula is C19H20FN3O2S2. The topological polar surface area (TPSA) is 49.2 Å². The van der Waals surface area contributed by atoms with Crippen LogP contribution in [0.4, 0.5) is 4.39 Å². The van der Waals surface area contributed by atoms with E-state index in [-0.39, 0.29) is 17.7 Å². The molecule has 27 heavy (non-hydrogen) atoms. The van der Waals surface area contributed by atoms with Gasteiger partial charge in [-0.3, -0.25) is 4.57 Å². The van der Waals surface area contributed by atoms with Crippen LogP contribution in [0.5, 0.6) is 5.75 Å². The molecule has 1 atom stereocenters. The summed E-state index contributed by atoms with van der Waals surface area (Å²) in [6.07, 6.45) is 2.34. The summed E-state index contributed by atoms with van der Waals surface area (Å²) in [4.78, 5) is 1.09. The Morgan fingerprint density at radius 2 is 2.30 bits per heavy atom. The Morgan fingerprint density at radius 3 is 3.00 bits per heavy atom. The first-order valence-electron chi connectivity index (χ1n) is 8.78. The minimum absolute atomic E-state index is 0.192. The molecule has 1 fully saturated rings. The first kappa shape index (κ1) is 18.5. The number of aromatic nitrogens is 3. The molecule has 1 aromatic carbocycles. The number of ether oxygens (including phenoxy) is 2. The second kappa shape index (κ2) is 8.41. The third-order valence-corrected chi connectivity index (χ3v) is 6.36. The first-order valence-corrected chi connectivity index (χ1v) is 10.6. The molecule has 8 heteroatoms. The van der Waals surface area contributed by atoms with Crippen LogP contribution in [0.2, 0.25) is 0 Å².